The zero-order valence-corrected chi connectivity index (χ0v) is 25.7. The molecule has 4 aliphatic rings. The number of carbonyl (C=O) groups is 2. The Morgan fingerprint density at radius 2 is 1.78 bits per heavy atom. The normalized spacial score (nSPS) is 29.5. The minimum atomic E-state index is -0.580. The van der Waals surface area contributed by atoms with E-state index in [2.05, 4.69) is 39.5 Å². The lowest BCUT2D eigenvalue weighted by Gasteiger charge is -2.56. The summed E-state index contributed by atoms with van der Waals surface area (Å²) in [7, 11) is 0. The monoisotopic (exact) mass is 573 g/mol. The second kappa shape index (κ2) is 11.4. The van der Waals surface area contributed by atoms with Gasteiger partial charge in [0.2, 0.25) is 0 Å². The van der Waals surface area contributed by atoms with Crippen LogP contribution in [-0.4, -0.2) is 71.2 Å². The van der Waals surface area contributed by atoms with Gasteiger partial charge in [0.15, 0.2) is 0 Å². The minimum absolute atomic E-state index is 0.00958. The van der Waals surface area contributed by atoms with Crippen molar-refractivity contribution < 1.29 is 23.1 Å². The Morgan fingerprint density at radius 3 is 2.41 bits per heavy atom. The first kappa shape index (κ1) is 30.1. The number of cyclic esters (lactones) is 1. The third-order valence-electron chi connectivity index (χ3n) is 10.6. The van der Waals surface area contributed by atoms with Crippen LogP contribution in [0.25, 0.3) is 0 Å². The molecule has 6 nitrogen and oxygen atoms in total. The predicted octanol–water partition coefficient (Wildman–Crippen LogP) is 7.57. The van der Waals surface area contributed by atoms with Crippen LogP contribution in [0.4, 0.5) is 18.4 Å². The number of benzene rings is 1. The molecule has 41 heavy (non-hydrogen) atoms. The molecular weight excluding hydrogens is 524 g/mol. The predicted molar refractivity (Wildman–Crippen MR) is 156 cm³/mol. The van der Waals surface area contributed by atoms with Crippen LogP contribution in [0.5, 0.6) is 0 Å². The van der Waals surface area contributed by atoms with Crippen molar-refractivity contribution in [2.45, 2.75) is 110 Å². The minimum Gasteiger partial charge on any atom is -0.447 e. The first-order valence-electron chi connectivity index (χ1n) is 15.8. The smallest absolute Gasteiger partial charge is 0.410 e. The van der Waals surface area contributed by atoms with Gasteiger partial charge in [-0.2, -0.15) is 0 Å². The zero-order chi connectivity index (χ0) is 29.6. The van der Waals surface area contributed by atoms with Gasteiger partial charge < -0.3 is 14.5 Å². The van der Waals surface area contributed by atoms with Crippen molar-refractivity contribution in [2.24, 2.45) is 16.7 Å². The number of nitrogens with zero attached hydrogens (tertiary/aromatic N) is 3. The van der Waals surface area contributed by atoms with Gasteiger partial charge in [-0.3, -0.25) is 4.90 Å². The molecule has 8 heteroatoms. The van der Waals surface area contributed by atoms with Gasteiger partial charge >= 0.3 is 12.1 Å². The highest BCUT2D eigenvalue weighted by Gasteiger charge is 2.53. The van der Waals surface area contributed by atoms with Crippen LogP contribution in [-0.2, 0) is 4.74 Å². The highest BCUT2D eigenvalue weighted by molar-refractivity contribution is 5.75. The lowest BCUT2D eigenvalue weighted by Crippen LogP contribution is -2.62. The van der Waals surface area contributed by atoms with Gasteiger partial charge in [-0.05, 0) is 80.8 Å². The van der Waals surface area contributed by atoms with E-state index >= 15 is 0 Å². The second-order valence-corrected chi connectivity index (χ2v) is 14.9. The average Bonchev–Trinajstić information content (AvgIpc) is 3.19. The lowest BCUT2D eigenvalue weighted by atomic mass is 9.59. The fourth-order valence-corrected chi connectivity index (χ4v) is 8.11. The largest absolute Gasteiger partial charge is 0.447 e. The summed E-state index contributed by atoms with van der Waals surface area (Å²) in [5, 5.41) is 0. The Kier molecular flexibility index (Phi) is 8.34. The maximum absolute atomic E-state index is 14.7. The summed E-state index contributed by atoms with van der Waals surface area (Å²) in [5.41, 5.74) is -0.0833. The highest BCUT2D eigenvalue weighted by Crippen LogP contribution is 2.52. The summed E-state index contributed by atoms with van der Waals surface area (Å²) in [6, 6.07) is 3.82. The topological polar surface area (TPSA) is 53.1 Å². The van der Waals surface area contributed by atoms with Gasteiger partial charge in [-0.25, -0.2) is 18.4 Å². The van der Waals surface area contributed by atoms with E-state index < -0.39 is 11.6 Å². The maximum Gasteiger partial charge on any atom is 0.410 e. The lowest BCUT2D eigenvalue weighted by molar-refractivity contribution is -0.0488. The zero-order valence-electron chi connectivity index (χ0n) is 25.7. The van der Waals surface area contributed by atoms with Crippen LogP contribution in [0.3, 0.4) is 0 Å². The van der Waals surface area contributed by atoms with Gasteiger partial charge in [0.25, 0.3) is 0 Å². The molecule has 0 N–H and O–H groups in total. The van der Waals surface area contributed by atoms with E-state index in [0.717, 1.165) is 31.7 Å². The summed E-state index contributed by atoms with van der Waals surface area (Å²) in [4.78, 5) is 33.1. The standard InChI is InChI=1S/C33H49F2N3O3/c1-31(2,3)28-19-33(24-11-7-6-8-12-24,21-38-30(40)41-22-32(38,4)5)15-17-37(28)29(39)36-16-9-10-23(20-36)26-14-13-25(34)18-27(26)35/h13-14,18,23-24,28H,6-12,15-17,19-22H2,1-5H3. The van der Waals surface area contributed by atoms with Crippen LogP contribution in [0.2, 0.25) is 0 Å². The fraction of sp³-hybridized carbons (Fsp3) is 0.758. The number of likely N-dealkylation sites (tertiary alicyclic amines) is 2. The molecule has 0 bridgehead atoms. The van der Waals surface area contributed by atoms with Gasteiger partial charge in [0, 0.05) is 44.2 Å². The van der Waals surface area contributed by atoms with E-state index in [1.807, 2.05) is 9.80 Å². The first-order valence-corrected chi connectivity index (χ1v) is 15.8. The number of hydrogen-bond donors (Lipinski definition) is 0. The molecule has 3 atom stereocenters. The molecule has 1 aromatic carbocycles. The Balaban J connectivity index is 1.40. The number of amides is 3. The van der Waals surface area contributed by atoms with Crippen molar-refractivity contribution in [3.8, 4) is 0 Å². The van der Waals surface area contributed by atoms with E-state index in [9.17, 15) is 18.4 Å². The molecule has 3 amide bonds. The highest BCUT2D eigenvalue weighted by atomic mass is 19.1. The van der Waals surface area contributed by atoms with Gasteiger partial charge in [0.05, 0.1) is 5.54 Å². The van der Waals surface area contributed by atoms with E-state index in [-0.39, 0.29) is 40.5 Å². The fourth-order valence-electron chi connectivity index (χ4n) is 8.11. The van der Waals surface area contributed by atoms with Crippen LogP contribution in [0, 0.1) is 28.4 Å². The molecule has 3 heterocycles. The van der Waals surface area contributed by atoms with Crippen molar-refractivity contribution in [3.05, 3.63) is 35.4 Å². The Bertz CT molecular complexity index is 1130. The number of carbonyl (C=O) groups excluding carboxylic acids is 2. The number of hydrogen-bond acceptors (Lipinski definition) is 3. The Morgan fingerprint density at radius 1 is 1.05 bits per heavy atom. The molecule has 1 aliphatic carbocycles. The molecule has 3 unspecified atom stereocenters. The van der Waals surface area contributed by atoms with Crippen LogP contribution in [0.1, 0.15) is 104 Å². The van der Waals surface area contributed by atoms with Gasteiger partial charge in [-0.15, -0.1) is 0 Å². The van der Waals surface area contributed by atoms with Crippen LogP contribution < -0.4 is 0 Å². The molecule has 0 aromatic heterocycles. The molecule has 0 radical (unpaired) electrons. The first-order chi connectivity index (χ1) is 19.3. The summed E-state index contributed by atoms with van der Waals surface area (Å²) in [6.45, 7) is 13.6. The molecule has 0 spiro atoms. The Hall–Kier alpha value is -2.38. The van der Waals surface area contributed by atoms with Crippen molar-refractivity contribution in [2.75, 3.05) is 32.8 Å². The second-order valence-electron chi connectivity index (χ2n) is 14.9. The molecule has 228 valence electrons. The number of piperidine rings is 2. The SMILES string of the molecule is CC(C)(C)C1CC(CN2C(=O)OCC2(C)C)(C2CCCCC2)CCN1C(=O)N1CCCC(c2ccc(F)cc2F)C1. The maximum atomic E-state index is 14.7. The summed E-state index contributed by atoms with van der Waals surface area (Å²) in [6.07, 6.45) is 9.12. The number of halogens is 2. The molecule has 1 aromatic rings. The molecule has 4 fully saturated rings. The van der Waals surface area contributed by atoms with Crippen molar-refractivity contribution >= 4 is 12.1 Å². The summed E-state index contributed by atoms with van der Waals surface area (Å²) >= 11 is 0. The summed E-state index contributed by atoms with van der Waals surface area (Å²) < 4.78 is 33.7. The van der Waals surface area contributed by atoms with Crippen LogP contribution >= 0.6 is 0 Å². The molecule has 1 saturated carbocycles. The average molecular weight is 574 g/mol. The van der Waals surface area contributed by atoms with Crippen LogP contribution in [0.15, 0.2) is 18.2 Å². The summed E-state index contributed by atoms with van der Waals surface area (Å²) in [5.74, 6) is -0.738. The quantitative estimate of drug-likeness (QED) is 0.373. The number of ether oxygens (including phenoxy) is 1. The van der Waals surface area contributed by atoms with E-state index in [1.165, 1.54) is 44.2 Å². The van der Waals surface area contributed by atoms with Crippen molar-refractivity contribution in [3.63, 3.8) is 0 Å². The number of rotatable bonds is 4. The van der Waals surface area contributed by atoms with E-state index in [0.29, 0.717) is 44.3 Å². The molecule has 3 aliphatic heterocycles. The van der Waals surface area contributed by atoms with Gasteiger partial charge in [-0.1, -0.05) is 46.1 Å². The number of urea groups is 1. The van der Waals surface area contributed by atoms with Crippen molar-refractivity contribution in [1.29, 1.82) is 0 Å². The van der Waals surface area contributed by atoms with E-state index in [1.54, 1.807) is 0 Å². The molecule has 3 saturated heterocycles. The van der Waals surface area contributed by atoms with Gasteiger partial charge in [0.1, 0.15) is 18.2 Å². The van der Waals surface area contributed by atoms with E-state index in [4.69, 9.17) is 4.74 Å². The molecular formula is C33H49F2N3O3. The third kappa shape index (κ3) is 6.08. The Labute approximate surface area is 244 Å². The third-order valence-corrected chi connectivity index (χ3v) is 10.6. The molecule has 5 rings (SSSR count). The van der Waals surface area contributed by atoms with Crippen molar-refractivity contribution in [1.82, 2.24) is 14.7 Å².